The Hall–Kier alpha value is -4.35. The number of benzene rings is 4. The number of rotatable bonds is 7. The molecule has 5 nitrogen and oxygen atoms in total. The Morgan fingerprint density at radius 3 is 2.19 bits per heavy atom. The molecule has 4 aromatic carbocycles. The summed E-state index contributed by atoms with van der Waals surface area (Å²) < 4.78 is 5.69. The van der Waals surface area contributed by atoms with Gasteiger partial charge in [0.15, 0.2) is 6.61 Å². The maximum Gasteiger partial charge on any atom is 0.262 e. The van der Waals surface area contributed by atoms with Gasteiger partial charge in [0.05, 0.1) is 11.4 Å². The standard InChI is InChI=1S/C30H24ClN3O2/c1-20-25(31)13-8-14-26(20)32-27(35)19-36-24-17-15-23(16-18-24)30-33-28(21-9-4-2-5-10-21)29(34-30)22-11-6-3-7-12-22/h2-18H,19H2,1H3,(H,32,35)(H,33,34). The third-order valence-corrected chi connectivity index (χ3v) is 6.26. The van der Waals surface area contributed by atoms with Gasteiger partial charge in [0.25, 0.3) is 5.91 Å². The van der Waals surface area contributed by atoms with Crippen molar-refractivity contribution in [2.24, 2.45) is 0 Å². The summed E-state index contributed by atoms with van der Waals surface area (Å²) in [5, 5.41) is 3.44. The number of nitrogens with zero attached hydrogens (tertiary/aromatic N) is 1. The quantitative estimate of drug-likeness (QED) is 0.248. The van der Waals surface area contributed by atoms with Crippen LogP contribution in [-0.2, 0) is 4.79 Å². The molecule has 0 aliphatic carbocycles. The minimum absolute atomic E-state index is 0.109. The van der Waals surface area contributed by atoms with Crippen LogP contribution in [0.2, 0.25) is 5.02 Å². The predicted molar refractivity (Wildman–Crippen MR) is 145 cm³/mol. The molecule has 0 saturated carbocycles. The van der Waals surface area contributed by atoms with E-state index in [1.807, 2.05) is 73.7 Å². The van der Waals surface area contributed by atoms with Gasteiger partial charge in [-0.25, -0.2) is 4.98 Å². The minimum Gasteiger partial charge on any atom is -0.484 e. The van der Waals surface area contributed by atoms with Crippen LogP contribution in [0.5, 0.6) is 5.75 Å². The van der Waals surface area contributed by atoms with Crippen LogP contribution in [0.3, 0.4) is 0 Å². The zero-order chi connectivity index (χ0) is 24.9. The molecule has 0 radical (unpaired) electrons. The van der Waals surface area contributed by atoms with Crippen LogP contribution in [0.15, 0.2) is 103 Å². The van der Waals surface area contributed by atoms with E-state index in [0.717, 1.165) is 39.5 Å². The average molecular weight is 494 g/mol. The van der Waals surface area contributed by atoms with Gasteiger partial charge in [0.2, 0.25) is 0 Å². The van der Waals surface area contributed by atoms with E-state index in [2.05, 4.69) is 34.6 Å². The van der Waals surface area contributed by atoms with Gasteiger partial charge in [-0.3, -0.25) is 4.79 Å². The fourth-order valence-electron chi connectivity index (χ4n) is 3.92. The number of imidazole rings is 1. The maximum atomic E-state index is 12.4. The molecule has 5 rings (SSSR count). The average Bonchev–Trinajstić information content (AvgIpc) is 3.37. The number of ether oxygens (including phenoxy) is 1. The van der Waals surface area contributed by atoms with Gasteiger partial charge < -0.3 is 15.0 Å². The number of carbonyl (C=O) groups excluding carboxylic acids is 1. The Bertz CT molecular complexity index is 1420. The van der Waals surface area contributed by atoms with Gasteiger partial charge in [0, 0.05) is 27.4 Å². The number of amides is 1. The van der Waals surface area contributed by atoms with Crippen molar-refractivity contribution in [2.45, 2.75) is 6.92 Å². The van der Waals surface area contributed by atoms with Gasteiger partial charge in [-0.15, -0.1) is 0 Å². The van der Waals surface area contributed by atoms with Crippen LogP contribution in [0.1, 0.15) is 5.56 Å². The van der Waals surface area contributed by atoms with E-state index in [9.17, 15) is 4.79 Å². The topological polar surface area (TPSA) is 67.0 Å². The third kappa shape index (κ3) is 5.16. The van der Waals surface area contributed by atoms with Crippen molar-refractivity contribution < 1.29 is 9.53 Å². The summed E-state index contributed by atoms with van der Waals surface area (Å²) in [6, 6.07) is 33.2. The number of hydrogen-bond acceptors (Lipinski definition) is 3. The monoisotopic (exact) mass is 493 g/mol. The number of halogens is 1. The molecule has 6 heteroatoms. The van der Waals surface area contributed by atoms with Crippen molar-refractivity contribution in [1.82, 2.24) is 9.97 Å². The molecule has 0 unspecified atom stereocenters. The molecular formula is C30H24ClN3O2. The van der Waals surface area contributed by atoms with Crippen LogP contribution < -0.4 is 10.1 Å². The number of aromatic amines is 1. The van der Waals surface area contributed by atoms with Gasteiger partial charge in [0.1, 0.15) is 11.6 Å². The summed E-state index contributed by atoms with van der Waals surface area (Å²) in [4.78, 5) is 20.8. The van der Waals surface area contributed by atoms with Crippen molar-refractivity contribution in [2.75, 3.05) is 11.9 Å². The first-order valence-corrected chi connectivity index (χ1v) is 12.0. The summed E-state index contributed by atoms with van der Waals surface area (Å²) in [6.45, 7) is 1.75. The fourth-order valence-corrected chi connectivity index (χ4v) is 4.09. The highest BCUT2D eigenvalue weighted by atomic mass is 35.5. The second kappa shape index (κ2) is 10.5. The van der Waals surface area contributed by atoms with Gasteiger partial charge >= 0.3 is 0 Å². The summed E-state index contributed by atoms with van der Waals surface area (Å²) in [7, 11) is 0. The Morgan fingerprint density at radius 2 is 1.50 bits per heavy atom. The first-order chi connectivity index (χ1) is 17.6. The lowest BCUT2D eigenvalue weighted by Gasteiger charge is -2.10. The summed E-state index contributed by atoms with van der Waals surface area (Å²) in [5.74, 6) is 1.10. The number of nitrogens with one attached hydrogen (secondary N) is 2. The van der Waals surface area contributed by atoms with E-state index in [0.29, 0.717) is 16.5 Å². The molecule has 178 valence electrons. The number of anilines is 1. The molecular weight excluding hydrogens is 470 g/mol. The van der Waals surface area contributed by atoms with E-state index < -0.39 is 0 Å². The molecule has 1 aromatic heterocycles. The lowest BCUT2D eigenvalue weighted by molar-refractivity contribution is -0.118. The second-order valence-corrected chi connectivity index (χ2v) is 8.72. The SMILES string of the molecule is Cc1c(Cl)cccc1NC(=O)COc1ccc(-c2nc(-c3ccccc3)c(-c3ccccc3)[nH]2)cc1. The molecule has 2 N–H and O–H groups in total. The van der Waals surface area contributed by atoms with Gasteiger partial charge in [-0.2, -0.15) is 0 Å². The van der Waals surface area contributed by atoms with Crippen LogP contribution in [0.4, 0.5) is 5.69 Å². The van der Waals surface area contributed by atoms with E-state index in [1.54, 1.807) is 12.1 Å². The van der Waals surface area contributed by atoms with Crippen LogP contribution in [0, 0.1) is 6.92 Å². The van der Waals surface area contributed by atoms with Crippen molar-refractivity contribution >= 4 is 23.2 Å². The van der Waals surface area contributed by atoms with Crippen molar-refractivity contribution in [3.05, 3.63) is 114 Å². The zero-order valence-corrected chi connectivity index (χ0v) is 20.4. The molecule has 1 amide bonds. The highest BCUT2D eigenvalue weighted by molar-refractivity contribution is 6.31. The van der Waals surface area contributed by atoms with Gasteiger partial charge in [-0.1, -0.05) is 78.3 Å². The smallest absolute Gasteiger partial charge is 0.262 e. The highest BCUT2D eigenvalue weighted by Gasteiger charge is 2.15. The highest BCUT2D eigenvalue weighted by Crippen LogP contribution is 2.33. The number of H-pyrrole nitrogens is 1. The molecule has 0 aliphatic heterocycles. The van der Waals surface area contributed by atoms with Crippen LogP contribution in [0.25, 0.3) is 33.9 Å². The van der Waals surface area contributed by atoms with E-state index in [-0.39, 0.29) is 12.5 Å². The van der Waals surface area contributed by atoms with Crippen LogP contribution in [-0.4, -0.2) is 22.5 Å². The molecule has 0 fully saturated rings. The molecule has 1 heterocycles. The minimum atomic E-state index is -0.254. The number of carbonyl (C=O) groups is 1. The number of aromatic nitrogens is 2. The molecule has 0 spiro atoms. The second-order valence-electron chi connectivity index (χ2n) is 8.31. The summed E-state index contributed by atoms with van der Waals surface area (Å²) in [5.41, 5.74) is 6.37. The molecule has 0 atom stereocenters. The first kappa shape index (κ1) is 23.4. The Morgan fingerprint density at radius 1 is 0.833 bits per heavy atom. The maximum absolute atomic E-state index is 12.4. The number of hydrogen-bond donors (Lipinski definition) is 2. The normalized spacial score (nSPS) is 10.7. The molecule has 5 aromatic rings. The third-order valence-electron chi connectivity index (χ3n) is 5.85. The summed E-state index contributed by atoms with van der Waals surface area (Å²) >= 11 is 6.13. The van der Waals surface area contributed by atoms with Crippen LogP contribution >= 0.6 is 11.6 Å². The Labute approximate surface area is 214 Å². The van der Waals surface area contributed by atoms with Crippen molar-refractivity contribution in [3.63, 3.8) is 0 Å². The van der Waals surface area contributed by atoms with E-state index >= 15 is 0 Å². The Kier molecular flexibility index (Phi) is 6.83. The van der Waals surface area contributed by atoms with E-state index in [1.165, 1.54) is 0 Å². The first-order valence-electron chi connectivity index (χ1n) is 11.6. The fraction of sp³-hybridized carbons (Fsp3) is 0.0667. The molecule has 0 bridgehead atoms. The predicted octanol–water partition coefficient (Wildman–Crippen LogP) is 7.39. The van der Waals surface area contributed by atoms with E-state index in [4.69, 9.17) is 21.3 Å². The van der Waals surface area contributed by atoms with Gasteiger partial charge in [-0.05, 0) is 48.9 Å². The Balaban J connectivity index is 1.32. The lowest BCUT2D eigenvalue weighted by atomic mass is 10.1. The zero-order valence-electron chi connectivity index (χ0n) is 19.7. The van der Waals surface area contributed by atoms with Crippen molar-refractivity contribution in [1.29, 1.82) is 0 Å². The molecule has 36 heavy (non-hydrogen) atoms. The summed E-state index contributed by atoms with van der Waals surface area (Å²) in [6.07, 6.45) is 0. The molecule has 0 saturated heterocycles. The largest absolute Gasteiger partial charge is 0.484 e. The van der Waals surface area contributed by atoms with Crippen molar-refractivity contribution in [3.8, 4) is 39.7 Å². The lowest BCUT2D eigenvalue weighted by Crippen LogP contribution is -2.20. The molecule has 0 aliphatic rings.